The summed E-state index contributed by atoms with van der Waals surface area (Å²) in [5.74, 6) is 2.23. The molecule has 2 rings (SSSR count). The Balaban J connectivity index is 2.08. The zero-order valence-corrected chi connectivity index (χ0v) is 11.4. The lowest BCUT2D eigenvalue weighted by Gasteiger charge is -2.10. The highest BCUT2D eigenvalue weighted by atomic mass is 15.1. The zero-order chi connectivity index (χ0) is 13.7. The van der Waals surface area contributed by atoms with Crippen LogP contribution in [0.1, 0.15) is 24.0 Å². The van der Waals surface area contributed by atoms with Crippen LogP contribution in [0, 0.1) is 13.8 Å². The predicted octanol–water partition coefficient (Wildman–Crippen LogP) is 1.93. The van der Waals surface area contributed by atoms with Gasteiger partial charge in [0.15, 0.2) is 0 Å². The maximum absolute atomic E-state index is 4.42. The molecule has 6 heteroatoms. The minimum absolute atomic E-state index is 0.618. The molecule has 0 aliphatic heterocycles. The molecule has 2 aromatic rings. The van der Waals surface area contributed by atoms with Crippen molar-refractivity contribution in [1.82, 2.24) is 19.9 Å². The van der Waals surface area contributed by atoms with Gasteiger partial charge in [0.1, 0.15) is 11.6 Å². The van der Waals surface area contributed by atoms with Crippen LogP contribution in [0.5, 0.6) is 0 Å². The summed E-state index contributed by atoms with van der Waals surface area (Å²) in [6.45, 7) is 7.28. The van der Waals surface area contributed by atoms with E-state index in [9.17, 15) is 0 Å². The van der Waals surface area contributed by atoms with Gasteiger partial charge in [0.25, 0.3) is 0 Å². The van der Waals surface area contributed by atoms with E-state index in [2.05, 4.69) is 30.6 Å². The fourth-order valence-electron chi connectivity index (χ4n) is 1.64. The van der Waals surface area contributed by atoms with Crippen molar-refractivity contribution < 1.29 is 0 Å². The third-order valence-corrected chi connectivity index (χ3v) is 2.58. The summed E-state index contributed by atoms with van der Waals surface area (Å²) < 4.78 is 0. The molecule has 100 valence electrons. The Morgan fingerprint density at radius 3 is 2.68 bits per heavy atom. The molecule has 2 N–H and O–H groups in total. The molecule has 0 fully saturated rings. The van der Waals surface area contributed by atoms with Gasteiger partial charge < -0.3 is 10.6 Å². The van der Waals surface area contributed by atoms with E-state index in [0.29, 0.717) is 12.5 Å². The van der Waals surface area contributed by atoms with Gasteiger partial charge in [-0.05, 0) is 26.8 Å². The smallest absolute Gasteiger partial charge is 0.224 e. The predicted molar refractivity (Wildman–Crippen MR) is 75.0 cm³/mol. The summed E-state index contributed by atoms with van der Waals surface area (Å²) in [6, 6.07) is 1.89. The monoisotopic (exact) mass is 258 g/mol. The van der Waals surface area contributed by atoms with Crippen LogP contribution in [0.3, 0.4) is 0 Å². The molecule has 0 spiro atoms. The molecular weight excluding hydrogens is 240 g/mol. The number of hydrogen-bond acceptors (Lipinski definition) is 6. The van der Waals surface area contributed by atoms with Gasteiger partial charge in [-0.25, -0.2) is 15.0 Å². The first-order chi connectivity index (χ1) is 9.19. The number of anilines is 2. The van der Waals surface area contributed by atoms with Crippen LogP contribution >= 0.6 is 0 Å². The maximum atomic E-state index is 4.42. The van der Waals surface area contributed by atoms with E-state index < -0.39 is 0 Å². The van der Waals surface area contributed by atoms with E-state index in [-0.39, 0.29) is 0 Å². The maximum Gasteiger partial charge on any atom is 0.224 e. The lowest BCUT2D eigenvalue weighted by atomic mass is 10.3. The van der Waals surface area contributed by atoms with Gasteiger partial charge in [0.2, 0.25) is 5.95 Å². The van der Waals surface area contributed by atoms with Crippen molar-refractivity contribution in [2.45, 2.75) is 27.3 Å². The molecule has 0 amide bonds. The van der Waals surface area contributed by atoms with E-state index >= 15 is 0 Å². The number of aryl methyl sites for hydroxylation is 2. The topological polar surface area (TPSA) is 75.6 Å². The van der Waals surface area contributed by atoms with Crippen molar-refractivity contribution in [3.8, 4) is 0 Å². The molecular formula is C13H18N6. The van der Waals surface area contributed by atoms with Crippen LogP contribution in [0.25, 0.3) is 0 Å². The summed E-state index contributed by atoms with van der Waals surface area (Å²) in [6.07, 6.45) is 3.56. The average Bonchev–Trinajstić information content (AvgIpc) is 2.40. The zero-order valence-electron chi connectivity index (χ0n) is 11.4. The molecule has 6 nitrogen and oxygen atoms in total. The van der Waals surface area contributed by atoms with Crippen LogP contribution in [0.15, 0.2) is 18.5 Å². The highest BCUT2D eigenvalue weighted by molar-refractivity contribution is 5.46. The van der Waals surface area contributed by atoms with Gasteiger partial charge in [-0.2, -0.15) is 4.98 Å². The Hall–Kier alpha value is -2.24. The number of aromatic nitrogens is 4. The summed E-state index contributed by atoms with van der Waals surface area (Å²) in [5, 5.41) is 6.37. The van der Waals surface area contributed by atoms with Gasteiger partial charge >= 0.3 is 0 Å². The normalized spacial score (nSPS) is 10.3. The Bertz CT molecular complexity index is 555. The lowest BCUT2D eigenvalue weighted by molar-refractivity contribution is 0.944. The van der Waals surface area contributed by atoms with Gasteiger partial charge in [0, 0.05) is 24.5 Å². The Kier molecular flexibility index (Phi) is 4.22. The van der Waals surface area contributed by atoms with Crippen molar-refractivity contribution in [3.63, 3.8) is 0 Å². The minimum atomic E-state index is 0.618. The van der Waals surface area contributed by atoms with Crippen molar-refractivity contribution in [1.29, 1.82) is 0 Å². The molecule has 0 radical (unpaired) electrons. The average molecular weight is 258 g/mol. The largest absolute Gasteiger partial charge is 0.364 e. The second-order valence-corrected chi connectivity index (χ2v) is 4.20. The van der Waals surface area contributed by atoms with Gasteiger partial charge in [-0.15, -0.1) is 0 Å². The highest BCUT2D eigenvalue weighted by Crippen LogP contribution is 2.13. The SMILES string of the molecule is CCNc1ncc(C)c(NCc2ccnc(C)n2)n1. The molecule has 0 saturated carbocycles. The third kappa shape index (κ3) is 3.61. The third-order valence-electron chi connectivity index (χ3n) is 2.58. The van der Waals surface area contributed by atoms with Gasteiger partial charge in [-0.1, -0.05) is 0 Å². The quantitative estimate of drug-likeness (QED) is 0.853. The lowest BCUT2D eigenvalue weighted by Crippen LogP contribution is -2.09. The fourth-order valence-corrected chi connectivity index (χ4v) is 1.64. The summed E-state index contributed by atoms with van der Waals surface area (Å²) in [4.78, 5) is 17.1. The van der Waals surface area contributed by atoms with Crippen LogP contribution in [-0.2, 0) is 6.54 Å². The van der Waals surface area contributed by atoms with E-state index in [4.69, 9.17) is 0 Å². The first kappa shape index (κ1) is 13.2. The van der Waals surface area contributed by atoms with Crippen LogP contribution < -0.4 is 10.6 Å². The van der Waals surface area contributed by atoms with Crippen molar-refractivity contribution >= 4 is 11.8 Å². The van der Waals surface area contributed by atoms with Crippen LogP contribution in [0.2, 0.25) is 0 Å². The van der Waals surface area contributed by atoms with Crippen LogP contribution in [-0.4, -0.2) is 26.5 Å². The molecule has 0 aliphatic carbocycles. The van der Waals surface area contributed by atoms with Crippen LogP contribution in [0.4, 0.5) is 11.8 Å². The summed E-state index contributed by atoms with van der Waals surface area (Å²) in [5.41, 5.74) is 1.95. The van der Waals surface area contributed by atoms with Gasteiger partial charge in [-0.3, -0.25) is 0 Å². The first-order valence-electron chi connectivity index (χ1n) is 6.29. The standard InChI is InChI=1S/C13H18N6/c1-4-14-13-17-7-9(2)12(19-13)16-8-11-5-6-15-10(3)18-11/h5-7H,4,8H2,1-3H3,(H2,14,16,17,19). The molecule has 0 aliphatic rings. The Morgan fingerprint density at radius 1 is 1.11 bits per heavy atom. The second-order valence-electron chi connectivity index (χ2n) is 4.20. The Morgan fingerprint density at radius 2 is 1.95 bits per heavy atom. The van der Waals surface area contributed by atoms with E-state index in [1.807, 2.05) is 26.8 Å². The molecule has 0 aromatic carbocycles. The fraction of sp³-hybridized carbons (Fsp3) is 0.385. The van der Waals surface area contributed by atoms with E-state index in [1.165, 1.54) is 0 Å². The molecule has 19 heavy (non-hydrogen) atoms. The summed E-state index contributed by atoms with van der Waals surface area (Å²) in [7, 11) is 0. The molecule has 0 saturated heterocycles. The molecule has 0 bridgehead atoms. The second kappa shape index (κ2) is 6.08. The number of rotatable bonds is 5. The van der Waals surface area contributed by atoms with Crippen molar-refractivity contribution in [2.24, 2.45) is 0 Å². The molecule has 0 unspecified atom stereocenters. The molecule has 2 aromatic heterocycles. The number of nitrogens with one attached hydrogen (secondary N) is 2. The highest BCUT2D eigenvalue weighted by Gasteiger charge is 2.03. The first-order valence-corrected chi connectivity index (χ1v) is 6.29. The molecule has 0 atom stereocenters. The Labute approximate surface area is 112 Å². The van der Waals surface area contributed by atoms with Crippen molar-refractivity contribution in [3.05, 3.63) is 35.5 Å². The summed E-state index contributed by atoms with van der Waals surface area (Å²) >= 11 is 0. The van der Waals surface area contributed by atoms with Crippen molar-refractivity contribution in [2.75, 3.05) is 17.2 Å². The van der Waals surface area contributed by atoms with Gasteiger partial charge in [0.05, 0.1) is 12.2 Å². The van der Waals surface area contributed by atoms with E-state index in [0.717, 1.165) is 29.4 Å². The number of nitrogens with zero attached hydrogens (tertiary/aromatic N) is 4. The molecule has 2 heterocycles. The minimum Gasteiger partial charge on any atom is -0.364 e. The number of hydrogen-bond donors (Lipinski definition) is 2. The van der Waals surface area contributed by atoms with E-state index in [1.54, 1.807) is 12.4 Å².